The van der Waals surface area contributed by atoms with E-state index in [0.29, 0.717) is 10.6 Å². The van der Waals surface area contributed by atoms with E-state index < -0.39 is 18.1 Å². The Morgan fingerprint density at radius 1 is 0.833 bits per heavy atom. The number of halogens is 1. The lowest BCUT2D eigenvalue weighted by molar-refractivity contribution is -0.139. The van der Waals surface area contributed by atoms with Gasteiger partial charge in [0, 0.05) is 22.9 Å². The summed E-state index contributed by atoms with van der Waals surface area (Å²) in [5.41, 5.74) is 6.97. The van der Waals surface area contributed by atoms with Crippen molar-refractivity contribution in [2.24, 2.45) is 0 Å². The topological polar surface area (TPSA) is 75.6 Å². The zero-order valence-corrected chi connectivity index (χ0v) is 20.1. The van der Waals surface area contributed by atoms with E-state index in [1.165, 1.54) is 0 Å². The van der Waals surface area contributed by atoms with Crippen molar-refractivity contribution in [3.8, 4) is 22.3 Å². The van der Waals surface area contributed by atoms with E-state index in [1.807, 2.05) is 78.9 Å². The first kappa shape index (κ1) is 23.6. The molecule has 36 heavy (non-hydrogen) atoms. The number of nitrogens with one attached hydrogen (secondary N) is 1. The van der Waals surface area contributed by atoms with E-state index >= 15 is 0 Å². The van der Waals surface area contributed by atoms with Crippen LogP contribution in [0.1, 0.15) is 22.6 Å². The van der Waals surface area contributed by atoms with Crippen LogP contribution in [0.5, 0.6) is 0 Å². The second-order valence-corrected chi connectivity index (χ2v) is 9.15. The van der Waals surface area contributed by atoms with E-state index in [-0.39, 0.29) is 18.9 Å². The van der Waals surface area contributed by atoms with Crippen LogP contribution in [0.4, 0.5) is 4.79 Å². The van der Waals surface area contributed by atoms with E-state index in [2.05, 4.69) is 17.4 Å². The molecular formula is C30H24ClNO4. The summed E-state index contributed by atoms with van der Waals surface area (Å²) in [5, 5.41) is 12.7. The maximum absolute atomic E-state index is 12.6. The lowest BCUT2D eigenvalue weighted by Gasteiger charge is -2.18. The van der Waals surface area contributed by atoms with Crippen molar-refractivity contribution in [2.75, 3.05) is 6.61 Å². The zero-order chi connectivity index (χ0) is 25.1. The Bertz CT molecular complexity index is 1370. The first-order valence-corrected chi connectivity index (χ1v) is 12.1. The molecule has 0 saturated carbocycles. The maximum atomic E-state index is 12.6. The number of ether oxygens (including phenoxy) is 1. The van der Waals surface area contributed by atoms with Crippen molar-refractivity contribution < 1.29 is 19.4 Å². The van der Waals surface area contributed by atoms with Gasteiger partial charge in [-0.05, 0) is 39.4 Å². The molecule has 0 fully saturated rings. The smallest absolute Gasteiger partial charge is 0.407 e. The Labute approximate surface area is 214 Å². The molecule has 4 aromatic carbocycles. The van der Waals surface area contributed by atoms with Gasteiger partial charge in [-0.1, -0.05) is 103 Å². The highest BCUT2D eigenvalue weighted by Gasteiger charge is 2.29. The zero-order valence-electron chi connectivity index (χ0n) is 19.4. The molecule has 5 nitrogen and oxygen atoms in total. The van der Waals surface area contributed by atoms with Crippen molar-refractivity contribution in [3.63, 3.8) is 0 Å². The molecule has 0 unspecified atom stereocenters. The number of carboxylic acids is 1. The van der Waals surface area contributed by atoms with Crippen molar-refractivity contribution >= 4 is 23.7 Å². The summed E-state index contributed by atoms with van der Waals surface area (Å²) in [6.07, 6.45) is -0.690. The van der Waals surface area contributed by atoms with Crippen molar-refractivity contribution in [1.29, 1.82) is 0 Å². The summed E-state index contributed by atoms with van der Waals surface area (Å²) in [6, 6.07) is 30.1. The molecule has 5 rings (SSSR count). The minimum atomic E-state index is -1.15. The van der Waals surface area contributed by atoms with Gasteiger partial charge in [-0.3, -0.25) is 0 Å². The van der Waals surface area contributed by atoms with Gasteiger partial charge in [0.15, 0.2) is 0 Å². The number of amides is 1. The number of rotatable bonds is 7. The molecule has 0 heterocycles. The van der Waals surface area contributed by atoms with Gasteiger partial charge in [-0.15, -0.1) is 0 Å². The van der Waals surface area contributed by atoms with Gasteiger partial charge in [0.1, 0.15) is 12.6 Å². The first-order chi connectivity index (χ1) is 17.5. The van der Waals surface area contributed by atoms with Crippen molar-refractivity contribution in [1.82, 2.24) is 5.32 Å². The van der Waals surface area contributed by atoms with Gasteiger partial charge in [0.05, 0.1) is 0 Å². The summed E-state index contributed by atoms with van der Waals surface area (Å²) >= 11 is 6.48. The van der Waals surface area contributed by atoms with Crippen LogP contribution in [0.2, 0.25) is 5.02 Å². The van der Waals surface area contributed by atoms with Crippen molar-refractivity contribution in [3.05, 3.63) is 119 Å². The monoisotopic (exact) mass is 497 g/mol. The summed E-state index contributed by atoms with van der Waals surface area (Å²) in [5.74, 6) is -1.25. The van der Waals surface area contributed by atoms with Gasteiger partial charge in [-0.2, -0.15) is 0 Å². The summed E-state index contributed by atoms with van der Waals surface area (Å²) in [6.45, 7) is 0.115. The molecule has 0 bridgehead atoms. The highest BCUT2D eigenvalue weighted by Crippen LogP contribution is 2.44. The summed E-state index contributed by atoms with van der Waals surface area (Å²) in [7, 11) is 0. The number of carbonyl (C=O) groups is 2. The average molecular weight is 498 g/mol. The van der Waals surface area contributed by atoms with Crippen LogP contribution in [0.25, 0.3) is 22.3 Å². The Morgan fingerprint density at radius 2 is 1.44 bits per heavy atom. The first-order valence-electron chi connectivity index (χ1n) is 11.7. The van der Waals surface area contributed by atoms with Crippen LogP contribution in [0.15, 0.2) is 97.1 Å². The fourth-order valence-corrected chi connectivity index (χ4v) is 5.07. The largest absolute Gasteiger partial charge is 0.480 e. The SMILES string of the molecule is O=C(N[C@@H](Cc1ccc(-c2ccccc2)c(Cl)c1)C(=O)O)OCC1c2ccccc2-c2ccccc21. The van der Waals surface area contributed by atoms with Crippen LogP contribution < -0.4 is 5.32 Å². The quantitative estimate of drug-likeness (QED) is 0.304. The fourth-order valence-electron chi connectivity index (χ4n) is 4.76. The highest BCUT2D eigenvalue weighted by molar-refractivity contribution is 6.33. The molecule has 180 valence electrons. The maximum Gasteiger partial charge on any atom is 0.407 e. The molecule has 0 spiro atoms. The molecule has 0 radical (unpaired) electrons. The molecular weight excluding hydrogens is 474 g/mol. The Morgan fingerprint density at radius 3 is 2.06 bits per heavy atom. The van der Waals surface area contributed by atoms with Crippen LogP contribution >= 0.6 is 11.6 Å². The minimum absolute atomic E-state index is 0.0777. The number of aliphatic carboxylic acids is 1. The number of benzene rings is 4. The molecule has 2 N–H and O–H groups in total. The number of alkyl carbamates (subject to hydrolysis) is 1. The third-order valence-corrected chi connectivity index (χ3v) is 6.80. The third-order valence-electron chi connectivity index (χ3n) is 6.49. The Hall–Kier alpha value is -4.09. The average Bonchev–Trinajstić information content (AvgIpc) is 3.21. The summed E-state index contributed by atoms with van der Waals surface area (Å²) in [4.78, 5) is 24.5. The number of hydrogen-bond acceptors (Lipinski definition) is 3. The van der Waals surface area contributed by atoms with Gasteiger partial charge >= 0.3 is 12.1 Å². The van der Waals surface area contributed by atoms with Gasteiger partial charge in [-0.25, -0.2) is 9.59 Å². The van der Waals surface area contributed by atoms with E-state index in [1.54, 1.807) is 6.07 Å². The number of carbonyl (C=O) groups excluding carboxylic acids is 1. The van der Waals surface area contributed by atoms with Gasteiger partial charge in [0.25, 0.3) is 0 Å². The van der Waals surface area contributed by atoms with E-state index in [9.17, 15) is 14.7 Å². The molecule has 1 aliphatic rings. The van der Waals surface area contributed by atoms with Gasteiger partial charge in [0.2, 0.25) is 0 Å². The standard InChI is InChI=1S/C30H24ClNO4/c31-27-16-19(14-15-21(27)20-8-2-1-3-9-20)17-28(29(33)34)32-30(35)36-18-26-24-12-6-4-10-22(24)23-11-5-7-13-25(23)26/h1-16,26,28H,17-18H2,(H,32,35)(H,33,34)/t28-/m0/s1. The predicted octanol–water partition coefficient (Wildman–Crippen LogP) is 6.54. The van der Waals surface area contributed by atoms with Gasteiger partial charge < -0.3 is 15.2 Å². The molecule has 4 aromatic rings. The molecule has 1 atom stereocenters. The van der Waals surface area contributed by atoms with E-state index in [4.69, 9.17) is 16.3 Å². The Balaban J connectivity index is 1.25. The second kappa shape index (κ2) is 10.3. The molecule has 6 heteroatoms. The molecule has 0 aliphatic heterocycles. The second-order valence-electron chi connectivity index (χ2n) is 8.75. The third kappa shape index (κ3) is 4.83. The Kier molecular flexibility index (Phi) is 6.74. The lowest BCUT2D eigenvalue weighted by atomic mass is 9.98. The molecule has 0 aromatic heterocycles. The normalized spacial score (nSPS) is 12.9. The fraction of sp³-hybridized carbons (Fsp3) is 0.133. The van der Waals surface area contributed by atoms with Crippen LogP contribution in [0, 0.1) is 0 Å². The number of hydrogen-bond donors (Lipinski definition) is 2. The predicted molar refractivity (Wildman–Crippen MR) is 140 cm³/mol. The van der Waals surface area contributed by atoms with Crippen LogP contribution in [-0.4, -0.2) is 29.8 Å². The van der Waals surface area contributed by atoms with Crippen LogP contribution in [-0.2, 0) is 16.0 Å². The molecule has 0 saturated heterocycles. The lowest BCUT2D eigenvalue weighted by Crippen LogP contribution is -2.42. The minimum Gasteiger partial charge on any atom is -0.480 e. The van der Waals surface area contributed by atoms with Crippen molar-refractivity contribution in [2.45, 2.75) is 18.4 Å². The molecule has 1 aliphatic carbocycles. The molecule has 1 amide bonds. The van der Waals surface area contributed by atoms with Crippen LogP contribution in [0.3, 0.4) is 0 Å². The highest BCUT2D eigenvalue weighted by atomic mass is 35.5. The summed E-state index contributed by atoms with van der Waals surface area (Å²) < 4.78 is 5.52. The van der Waals surface area contributed by atoms with E-state index in [0.717, 1.165) is 33.4 Å². The number of fused-ring (bicyclic) bond motifs is 3. The number of carboxylic acid groups (broad SMARTS) is 1.